The molecule has 0 unspecified atom stereocenters. The number of aliphatic hydroxyl groups excluding tert-OH is 2. The molecule has 6 rings (SSSR count). The molecule has 0 radical (unpaired) electrons. The Morgan fingerprint density at radius 3 is 2.63 bits per heavy atom. The van der Waals surface area contributed by atoms with Crippen molar-refractivity contribution in [2.24, 2.45) is 5.92 Å². The van der Waals surface area contributed by atoms with E-state index in [9.17, 15) is 24.6 Å². The molecule has 5 aliphatic rings. The number of carbonyl (C=O) groups is 3. The van der Waals surface area contributed by atoms with Crippen molar-refractivity contribution in [1.29, 1.82) is 0 Å². The van der Waals surface area contributed by atoms with Gasteiger partial charge in [-0.25, -0.2) is 4.98 Å². The van der Waals surface area contributed by atoms with Gasteiger partial charge in [0.05, 0.1) is 37.8 Å². The van der Waals surface area contributed by atoms with Crippen LogP contribution in [0.25, 0.3) is 0 Å². The van der Waals surface area contributed by atoms with Gasteiger partial charge in [0.2, 0.25) is 17.7 Å². The molecule has 4 N–H and O–H groups in total. The highest BCUT2D eigenvalue weighted by Gasteiger charge is 2.47. The van der Waals surface area contributed by atoms with E-state index in [1.165, 1.54) is 0 Å². The van der Waals surface area contributed by atoms with Crippen molar-refractivity contribution in [3.05, 3.63) is 18.2 Å². The number of nitrogens with zero attached hydrogens (tertiary/aromatic N) is 4. The summed E-state index contributed by atoms with van der Waals surface area (Å²) in [6.07, 6.45) is 0.166. The first-order valence-corrected chi connectivity index (χ1v) is 14.7. The first kappa shape index (κ1) is 28.5. The van der Waals surface area contributed by atoms with Crippen LogP contribution in [-0.4, -0.2) is 148 Å². The van der Waals surface area contributed by atoms with Crippen LogP contribution in [0.15, 0.2) is 12.4 Å². The summed E-state index contributed by atoms with van der Waals surface area (Å²) in [7, 11) is 0. The zero-order chi connectivity index (χ0) is 28.5. The maximum atomic E-state index is 13.9. The van der Waals surface area contributed by atoms with Gasteiger partial charge < -0.3 is 44.5 Å². The number of fused-ring (bicyclic) bond motifs is 6. The van der Waals surface area contributed by atoms with E-state index in [-0.39, 0.29) is 49.2 Å². The quantitative estimate of drug-likeness (QED) is 0.311. The highest BCUT2D eigenvalue weighted by molar-refractivity contribution is 5.83. The molecule has 0 aromatic carbocycles. The fourth-order valence-corrected chi connectivity index (χ4v) is 6.79. The summed E-state index contributed by atoms with van der Waals surface area (Å²) >= 11 is 0. The third kappa shape index (κ3) is 6.27. The highest BCUT2D eigenvalue weighted by atomic mass is 16.5. The van der Waals surface area contributed by atoms with Crippen molar-refractivity contribution in [2.75, 3.05) is 52.5 Å². The van der Waals surface area contributed by atoms with Gasteiger partial charge in [0.1, 0.15) is 24.1 Å². The molecular formula is C27H40N6O8. The summed E-state index contributed by atoms with van der Waals surface area (Å²) < 4.78 is 17.5. The van der Waals surface area contributed by atoms with Gasteiger partial charge in [0.25, 0.3) is 0 Å². The van der Waals surface area contributed by atoms with Crippen LogP contribution in [0.3, 0.4) is 0 Å². The van der Waals surface area contributed by atoms with Crippen molar-refractivity contribution in [1.82, 2.24) is 30.0 Å². The second-order valence-electron chi connectivity index (χ2n) is 11.8. The summed E-state index contributed by atoms with van der Waals surface area (Å²) in [5, 5.41) is 24.6. The molecule has 5 saturated heterocycles. The van der Waals surface area contributed by atoms with Crippen LogP contribution in [0.5, 0.6) is 0 Å². The number of hydrogen-bond acceptors (Lipinski definition) is 10. The number of H-pyrrole nitrogens is 1. The number of rotatable bonds is 3. The molecule has 6 bridgehead atoms. The zero-order valence-corrected chi connectivity index (χ0v) is 23.1. The number of amides is 3. The minimum absolute atomic E-state index is 0.0368. The van der Waals surface area contributed by atoms with Crippen molar-refractivity contribution >= 4 is 17.7 Å². The number of likely N-dealkylation sites (tertiary alicyclic amines) is 1. The van der Waals surface area contributed by atoms with E-state index in [2.05, 4.69) is 15.3 Å². The monoisotopic (exact) mass is 576 g/mol. The number of ether oxygens (including phenoxy) is 3. The Morgan fingerprint density at radius 2 is 1.85 bits per heavy atom. The third-order valence-corrected chi connectivity index (χ3v) is 8.97. The van der Waals surface area contributed by atoms with Crippen LogP contribution in [0.2, 0.25) is 0 Å². The van der Waals surface area contributed by atoms with Crippen LogP contribution in [0.4, 0.5) is 0 Å². The van der Waals surface area contributed by atoms with E-state index in [0.717, 1.165) is 5.82 Å². The van der Waals surface area contributed by atoms with Crippen LogP contribution in [0, 0.1) is 5.92 Å². The van der Waals surface area contributed by atoms with E-state index in [4.69, 9.17) is 14.2 Å². The lowest BCUT2D eigenvalue weighted by atomic mass is 9.97. The SMILES string of the molecule is O=C1C[C@@H]2O[C@H](CN(C(=O)C3CCOCC3)C[C@@H]3CN(CCO3)C(=O)[C@@H]3C[C@@H](CN3Cc3ncc[nH]3)N1)[C@@H](O)[C@H]2O. The topological polar surface area (TPSA) is 170 Å². The Kier molecular flexibility index (Phi) is 8.56. The number of carbonyl (C=O) groups excluding carboxylic acids is 3. The number of aromatic amines is 1. The lowest BCUT2D eigenvalue weighted by Gasteiger charge is -2.39. The number of morpholine rings is 1. The van der Waals surface area contributed by atoms with Gasteiger partial charge in [-0.2, -0.15) is 0 Å². The smallest absolute Gasteiger partial charge is 0.240 e. The molecule has 41 heavy (non-hydrogen) atoms. The van der Waals surface area contributed by atoms with Crippen molar-refractivity contribution < 1.29 is 38.8 Å². The van der Waals surface area contributed by atoms with E-state index < -0.39 is 36.6 Å². The van der Waals surface area contributed by atoms with Crippen LogP contribution >= 0.6 is 0 Å². The Hall–Kier alpha value is -2.62. The molecule has 14 nitrogen and oxygen atoms in total. The fourth-order valence-electron chi connectivity index (χ4n) is 6.79. The average molecular weight is 577 g/mol. The first-order chi connectivity index (χ1) is 19.9. The van der Waals surface area contributed by atoms with Crippen molar-refractivity contribution in [3.63, 3.8) is 0 Å². The van der Waals surface area contributed by atoms with Gasteiger partial charge in [-0.1, -0.05) is 0 Å². The van der Waals surface area contributed by atoms with Gasteiger partial charge in [-0.15, -0.1) is 0 Å². The van der Waals surface area contributed by atoms with Crippen LogP contribution < -0.4 is 5.32 Å². The molecule has 14 heteroatoms. The maximum absolute atomic E-state index is 13.9. The first-order valence-electron chi connectivity index (χ1n) is 14.7. The summed E-state index contributed by atoms with van der Waals surface area (Å²) in [6, 6.07) is -0.737. The fraction of sp³-hybridized carbons (Fsp3) is 0.778. The van der Waals surface area contributed by atoms with Gasteiger partial charge in [0.15, 0.2) is 0 Å². The molecule has 1 aromatic rings. The van der Waals surface area contributed by atoms with Gasteiger partial charge in [0, 0.05) is 70.3 Å². The largest absolute Gasteiger partial charge is 0.388 e. The van der Waals surface area contributed by atoms with E-state index in [1.807, 2.05) is 4.90 Å². The molecular weight excluding hydrogens is 536 g/mol. The zero-order valence-electron chi connectivity index (χ0n) is 23.1. The Labute approximate surface area is 238 Å². The van der Waals surface area contributed by atoms with E-state index in [1.54, 1.807) is 22.2 Å². The summed E-state index contributed by atoms with van der Waals surface area (Å²) in [6.45, 7) is 3.24. The predicted octanol–water partition coefficient (Wildman–Crippen LogP) is -2.16. The minimum Gasteiger partial charge on any atom is -0.388 e. The van der Waals surface area contributed by atoms with Crippen LogP contribution in [-0.2, 0) is 35.1 Å². The van der Waals surface area contributed by atoms with Gasteiger partial charge >= 0.3 is 0 Å². The second-order valence-corrected chi connectivity index (χ2v) is 11.8. The van der Waals surface area contributed by atoms with Gasteiger partial charge in [-0.3, -0.25) is 19.3 Å². The van der Waals surface area contributed by atoms with E-state index >= 15 is 0 Å². The predicted molar refractivity (Wildman–Crippen MR) is 141 cm³/mol. The maximum Gasteiger partial charge on any atom is 0.240 e. The summed E-state index contributed by atoms with van der Waals surface area (Å²) in [5.41, 5.74) is 0. The van der Waals surface area contributed by atoms with Crippen molar-refractivity contribution in [2.45, 2.75) is 74.8 Å². The highest BCUT2D eigenvalue weighted by Crippen LogP contribution is 2.28. The van der Waals surface area contributed by atoms with Gasteiger partial charge in [-0.05, 0) is 19.3 Å². The molecule has 5 fully saturated rings. The second kappa shape index (κ2) is 12.3. The lowest BCUT2D eigenvalue weighted by Crippen LogP contribution is -2.56. The Morgan fingerprint density at radius 1 is 1.05 bits per heavy atom. The molecule has 7 atom stereocenters. The van der Waals surface area contributed by atoms with E-state index in [0.29, 0.717) is 65.3 Å². The number of hydrogen-bond donors (Lipinski definition) is 4. The summed E-state index contributed by atoms with van der Waals surface area (Å²) in [4.78, 5) is 53.5. The summed E-state index contributed by atoms with van der Waals surface area (Å²) in [5.74, 6) is 0.0460. The van der Waals surface area contributed by atoms with Crippen molar-refractivity contribution in [3.8, 4) is 0 Å². The molecule has 0 spiro atoms. The lowest BCUT2D eigenvalue weighted by molar-refractivity contribution is -0.150. The number of aromatic nitrogens is 2. The molecule has 0 aliphatic carbocycles. The standard InChI is InChI=1S/C27H40N6O8/c34-23-10-20-24(35)25(36)21(41-20)14-33(26(37)16-1-6-39-7-2-16)13-18-12-31(5-8-40-18)27(38)19-9-17(30-23)11-32(19)15-22-28-3-4-29-22/h3-4,16-21,24-25,35-36H,1-2,5-15H2,(H,28,29)(H,30,34)/t17-,18-,19-,20-,21+,24-,25+/m0/s1. The Balaban J connectivity index is 1.26. The molecule has 1 aromatic heterocycles. The molecule has 6 heterocycles. The molecule has 0 saturated carbocycles. The number of nitrogens with one attached hydrogen (secondary N) is 2. The molecule has 226 valence electrons. The normalized spacial score (nSPS) is 36.0. The average Bonchev–Trinajstić information content (AvgIpc) is 3.70. The Bertz CT molecular complexity index is 1080. The van der Waals surface area contributed by atoms with Crippen LogP contribution in [0.1, 0.15) is 31.5 Å². The third-order valence-electron chi connectivity index (χ3n) is 8.97. The molecule has 3 amide bonds. The molecule has 5 aliphatic heterocycles. The minimum atomic E-state index is -1.27. The number of aliphatic hydroxyl groups is 2. The number of imidazole rings is 1.